The third-order valence-corrected chi connectivity index (χ3v) is 1.73. The molecule has 68 valence electrons. The highest BCUT2D eigenvalue weighted by Crippen LogP contribution is 2.08. The first-order chi connectivity index (χ1) is 6.24. The summed E-state index contributed by atoms with van der Waals surface area (Å²) in [7, 11) is 0. The van der Waals surface area contributed by atoms with Crippen LogP contribution in [0.25, 0.3) is 0 Å². The molecule has 0 aliphatic heterocycles. The van der Waals surface area contributed by atoms with Gasteiger partial charge in [-0.15, -0.1) is 12.6 Å². The first-order valence-electron chi connectivity index (χ1n) is 3.81. The smallest absolute Gasteiger partial charge is 0.338 e. The lowest BCUT2D eigenvalue weighted by atomic mass is 10.2. The maximum Gasteiger partial charge on any atom is 0.338 e. The molecule has 1 rings (SSSR count). The number of hydrogen-bond donors (Lipinski definition) is 1. The Hall–Kier alpha value is -1.22. The average molecular weight is 194 g/mol. The number of esters is 1. The van der Waals surface area contributed by atoms with Gasteiger partial charge in [0.2, 0.25) is 0 Å². The Balaban J connectivity index is 2.66. The van der Waals surface area contributed by atoms with E-state index in [0.717, 1.165) is 4.90 Å². The molecule has 0 amide bonds. The van der Waals surface area contributed by atoms with Gasteiger partial charge >= 0.3 is 5.97 Å². The van der Waals surface area contributed by atoms with Gasteiger partial charge in [0.1, 0.15) is 6.61 Å². The zero-order valence-electron chi connectivity index (χ0n) is 7.06. The molecule has 0 N–H and O–H groups in total. The fourth-order valence-corrected chi connectivity index (χ4v) is 0.965. The predicted molar refractivity (Wildman–Crippen MR) is 54.2 cm³/mol. The fraction of sp³-hybridized carbons (Fsp3) is 0.100. The summed E-state index contributed by atoms with van der Waals surface area (Å²) in [5.74, 6) is -0.340. The Bertz CT molecular complexity index is 303. The fourth-order valence-electron chi connectivity index (χ4n) is 0.815. The van der Waals surface area contributed by atoms with Crippen molar-refractivity contribution < 1.29 is 9.53 Å². The van der Waals surface area contributed by atoms with E-state index in [2.05, 4.69) is 19.2 Å². The predicted octanol–water partition coefficient (Wildman–Crippen LogP) is 2.32. The molecule has 0 aromatic heterocycles. The lowest BCUT2D eigenvalue weighted by Crippen LogP contribution is -2.04. The van der Waals surface area contributed by atoms with Crippen molar-refractivity contribution in [2.45, 2.75) is 4.90 Å². The van der Waals surface area contributed by atoms with Gasteiger partial charge in [0.25, 0.3) is 0 Å². The third kappa shape index (κ3) is 2.95. The van der Waals surface area contributed by atoms with E-state index in [1.807, 2.05) is 0 Å². The zero-order chi connectivity index (χ0) is 9.68. The van der Waals surface area contributed by atoms with Crippen LogP contribution < -0.4 is 0 Å². The zero-order valence-corrected chi connectivity index (χ0v) is 7.96. The number of ether oxygens (including phenoxy) is 1. The number of hydrogen-bond acceptors (Lipinski definition) is 3. The van der Waals surface area contributed by atoms with Crippen molar-refractivity contribution in [3.63, 3.8) is 0 Å². The molecule has 0 saturated carbocycles. The van der Waals surface area contributed by atoms with E-state index in [1.165, 1.54) is 6.08 Å². The summed E-state index contributed by atoms with van der Waals surface area (Å²) >= 11 is 4.10. The second-order valence-electron chi connectivity index (χ2n) is 2.43. The van der Waals surface area contributed by atoms with E-state index in [1.54, 1.807) is 24.3 Å². The van der Waals surface area contributed by atoms with Crippen molar-refractivity contribution in [1.29, 1.82) is 0 Å². The van der Waals surface area contributed by atoms with E-state index in [-0.39, 0.29) is 12.6 Å². The summed E-state index contributed by atoms with van der Waals surface area (Å²) in [6.45, 7) is 3.69. The molecule has 0 aliphatic carbocycles. The van der Waals surface area contributed by atoms with Gasteiger partial charge in [-0.3, -0.25) is 0 Å². The summed E-state index contributed by atoms with van der Waals surface area (Å²) in [5, 5.41) is 0. The summed E-state index contributed by atoms with van der Waals surface area (Å²) in [6.07, 6.45) is 1.53. The number of carbonyl (C=O) groups is 1. The highest BCUT2D eigenvalue weighted by molar-refractivity contribution is 7.80. The molecular formula is C10H10O2S. The molecule has 2 nitrogen and oxygen atoms in total. The van der Waals surface area contributed by atoms with Gasteiger partial charge in [0, 0.05) is 4.90 Å². The minimum absolute atomic E-state index is 0.238. The molecule has 3 heteroatoms. The van der Waals surface area contributed by atoms with E-state index in [4.69, 9.17) is 4.74 Å². The third-order valence-electron chi connectivity index (χ3n) is 1.44. The van der Waals surface area contributed by atoms with Gasteiger partial charge in [-0.2, -0.15) is 0 Å². The Morgan fingerprint density at radius 3 is 2.62 bits per heavy atom. The van der Waals surface area contributed by atoms with Crippen LogP contribution in [-0.2, 0) is 4.74 Å². The van der Waals surface area contributed by atoms with Crippen LogP contribution in [0, 0.1) is 0 Å². The van der Waals surface area contributed by atoms with E-state index in [9.17, 15) is 4.79 Å². The average Bonchev–Trinajstić information content (AvgIpc) is 2.15. The van der Waals surface area contributed by atoms with Crippen LogP contribution in [-0.4, -0.2) is 12.6 Å². The molecule has 1 aromatic rings. The quantitative estimate of drug-likeness (QED) is 0.454. The maximum atomic E-state index is 11.2. The summed E-state index contributed by atoms with van der Waals surface area (Å²) in [6, 6.07) is 6.84. The summed E-state index contributed by atoms with van der Waals surface area (Å²) < 4.78 is 4.84. The summed E-state index contributed by atoms with van der Waals surface area (Å²) in [4.78, 5) is 12.0. The molecule has 13 heavy (non-hydrogen) atoms. The second kappa shape index (κ2) is 4.72. The van der Waals surface area contributed by atoms with Crippen molar-refractivity contribution >= 4 is 18.6 Å². The molecule has 0 bridgehead atoms. The van der Waals surface area contributed by atoms with Crippen LogP contribution in [0.2, 0.25) is 0 Å². The first kappa shape index (κ1) is 9.86. The Morgan fingerprint density at radius 2 is 2.08 bits per heavy atom. The van der Waals surface area contributed by atoms with Gasteiger partial charge in [-0.1, -0.05) is 12.7 Å². The van der Waals surface area contributed by atoms with Crippen molar-refractivity contribution in [1.82, 2.24) is 0 Å². The Labute approximate surface area is 82.6 Å². The molecule has 0 fully saturated rings. The lowest BCUT2D eigenvalue weighted by molar-refractivity contribution is 0.0549. The largest absolute Gasteiger partial charge is 0.458 e. The summed E-state index contributed by atoms with van der Waals surface area (Å²) in [5.41, 5.74) is 0.527. The van der Waals surface area contributed by atoms with Crippen LogP contribution in [0.3, 0.4) is 0 Å². The Kier molecular flexibility index (Phi) is 3.58. The van der Waals surface area contributed by atoms with Crippen LogP contribution in [0.5, 0.6) is 0 Å². The SMILES string of the molecule is C=CCOC(=O)c1ccc(S)cc1. The van der Waals surface area contributed by atoms with Gasteiger partial charge in [0.15, 0.2) is 0 Å². The van der Waals surface area contributed by atoms with Gasteiger partial charge in [-0.25, -0.2) is 4.79 Å². The van der Waals surface area contributed by atoms with Crippen molar-refractivity contribution in [2.24, 2.45) is 0 Å². The second-order valence-corrected chi connectivity index (χ2v) is 2.95. The molecular weight excluding hydrogens is 184 g/mol. The lowest BCUT2D eigenvalue weighted by Gasteiger charge is -2.01. The molecule has 0 radical (unpaired) electrons. The monoisotopic (exact) mass is 194 g/mol. The van der Waals surface area contributed by atoms with Crippen LogP contribution in [0.1, 0.15) is 10.4 Å². The van der Waals surface area contributed by atoms with E-state index >= 15 is 0 Å². The first-order valence-corrected chi connectivity index (χ1v) is 4.26. The standard InChI is InChI=1S/C10H10O2S/c1-2-7-12-10(11)8-3-5-9(13)6-4-8/h2-6,13H,1,7H2. The molecule has 0 aliphatic rings. The number of carbonyl (C=O) groups excluding carboxylic acids is 1. The highest BCUT2D eigenvalue weighted by Gasteiger charge is 2.04. The molecule has 0 atom stereocenters. The minimum atomic E-state index is -0.340. The van der Waals surface area contributed by atoms with Crippen LogP contribution >= 0.6 is 12.6 Å². The number of rotatable bonds is 3. The molecule has 0 unspecified atom stereocenters. The normalized spacial score (nSPS) is 9.31. The van der Waals surface area contributed by atoms with E-state index < -0.39 is 0 Å². The number of thiol groups is 1. The minimum Gasteiger partial charge on any atom is -0.458 e. The highest BCUT2D eigenvalue weighted by atomic mass is 32.1. The maximum absolute atomic E-state index is 11.2. The molecule has 1 aromatic carbocycles. The van der Waals surface area contributed by atoms with Crippen LogP contribution in [0.4, 0.5) is 0 Å². The van der Waals surface area contributed by atoms with Crippen molar-refractivity contribution in [3.8, 4) is 0 Å². The van der Waals surface area contributed by atoms with Gasteiger partial charge < -0.3 is 4.74 Å². The number of benzene rings is 1. The molecule has 0 spiro atoms. The van der Waals surface area contributed by atoms with Gasteiger partial charge in [-0.05, 0) is 24.3 Å². The molecule has 0 heterocycles. The Morgan fingerprint density at radius 1 is 1.46 bits per heavy atom. The van der Waals surface area contributed by atoms with Crippen molar-refractivity contribution in [2.75, 3.05) is 6.61 Å². The topological polar surface area (TPSA) is 26.3 Å². The van der Waals surface area contributed by atoms with E-state index in [0.29, 0.717) is 5.56 Å². The van der Waals surface area contributed by atoms with Crippen LogP contribution in [0.15, 0.2) is 41.8 Å². The molecule has 0 saturated heterocycles. The van der Waals surface area contributed by atoms with Crippen molar-refractivity contribution in [3.05, 3.63) is 42.5 Å². The van der Waals surface area contributed by atoms with Gasteiger partial charge in [0.05, 0.1) is 5.56 Å².